The van der Waals surface area contributed by atoms with Crippen LogP contribution >= 0.6 is 0 Å². The van der Waals surface area contributed by atoms with E-state index < -0.39 is 25.2 Å². The molecule has 0 radical (unpaired) electrons. The van der Waals surface area contributed by atoms with E-state index >= 15 is 0 Å². The SMILES string of the molecule is C/C(=C\CCC/C=C/CO[Si](c1ccccc1)(c1ccccc1)C(C)(C)C)C(O)CS(=O)c1ccccc1. The van der Waals surface area contributed by atoms with Gasteiger partial charge in [-0.3, -0.25) is 4.21 Å². The second-order valence-electron chi connectivity index (χ2n) is 10.7. The molecule has 1 N–H and O–H groups in total. The molecule has 0 aromatic heterocycles. The van der Waals surface area contributed by atoms with Gasteiger partial charge in [0.05, 0.1) is 29.3 Å². The number of hydrogen-bond donors (Lipinski definition) is 1. The molecule has 0 saturated carbocycles. The topological polar surface area (TPSA) is 46.5 Å². The van der Waals surface area contributed by atoms with Crippen LogP contribution in [0.4, 0.5) is 0 Å². The lowest BCUT2D eigenvalue weighted by atomic mass is 10.1. The fourth-order valence-corrected chi connectivity index (χ4v) is 10.5. The number of hydrogen-bond acceptors (Lipinski definition) is 3. The average Bonchev–Trinajstić information content (AvgIpc) is 2.93. The molecule has 0 heterocycles. The van der Waals surface area contributed by atoms with Crippen molar-refractivity contribution in [2.45, 2.75) is 63.0 Å². The predicted octanol–water partition coefficient (Wildman–Crippen LogP) is 6.40. The van der Waals surface area contributed by atoms with Gasteiger partial charge in [0.15, 0.2) is 0 Å². The first-order chi connectivity index (χ1) is 18.3. The van der Waals surface area contributed by atoms with E-state index in [-0.39, 0.29) is 10.8 Å². The molecular formula is C33H42O3SSi. The van der Waals surface area contributed by atoms with Gasteiger partial charge in [-0.15, -0.1) is 0 Å². The van der Waals surface area contributed by atoms with Gasteiger partial charge in [0.1, 0.15) is 0 Å². The Morgan fingerprint density at radius 3 is 1.92 bits per heavy atom. The molecule has 202 valence electrons. The van der Waals surface area contributed by atoms with E-state index in [4.69, 9.17) is 4.43 Å². The predicted molar refractivity (Wildman–Crippen MR) is 164 cm³/mol. The fraction of sp³-hybridized carbons (Fsp3) is 0.333. The number of aliphatic hydroxyl groups is 1. The maximum atomic E-state index is 12.5. The smallest absolute Gasteiger partial charge is 0.261 e. The zero-order valence-corrected chi connectivity index (χ0v) is 25.0. The summed E-state index contributed by atoms with van der Waals surface area (Å²) in [7, 11) is -3.71. The van der Waals surface area contributed by atoms with Crippen LogP contribution in [0, 0.1) is 0 Å². The van der Waals surface area contributed by atoms with Gasteiger partial charge in [-0.2, -0.15) is 0 Å². The normalized spacial score (nSPS) is 14.5. The molecule has 38 heavy (non-hydrogen) atoms. The third-order valence-electron chi connectivity index (χ3n) is 6.86. The third kappa shape index (κ3) is 7.97. The Hall–Kier alpha value is -2.57. The van der Waals surface area contributed by atoms with Gasteiger partial charge in [-0.05, 0) is 59.3 Å². The molecule has 3 nitrogen and oxygen atoms in total. The molecule has 0 amide bonds. The van der Waals surface area contributed by atoms with Crippen molar-refractivity contribution in [1.29, 1.82) is 0 Å². The standard InChI is InChI=1S/C33H42O3SSi/c1-28(32(34)27-37(35)29-20-12-8-13-21-29)19-11-6-5-7-18-26-36-38(33(2,3)4,30-22-14-9-15-23-30)31-24-16-10-17-25-31/h7-10,12-25,32,34H,5-6,11,26-27H2,1-4H3/b18-7+,28-19+. The maximum absolute atomic E-state index is 12.5. The van der Waals surface area contributed by atoms with Crippen molar-refractivity contribution in [2.24, 2.45) is 0 Å². The first-order valence-electron chi connectivity index (χ1n) is 13.4. The average molecular weight is 547 g/mol. The lowest BCUT2D eigenvalue weighted by Crippen LogP contribution is -2.66. The van der Waals surface area contributed by atoms with Gasteiger partial charge in [0, 0.05) is 4.90 Å². The molecule has 2 atom stereocenters. The van der Waals surface area contributed by atoms with Crippen molar-refractivity contribution in [3.05, 3.63) is 115 Å². The highest BCUT2D eigenvalue weighted by atomic mass is 32.2. The summed E-state index contributed by atoms with van der Waals surface area (Å²) in [6.07, 6.45) is 8.53. The molecule has 0 aliphatic carbocycles. The van der Waals surface area contributed by atoms with Crippen LogP contribution in [0.3, 0.4) is 0 Å². The Labute approximate surface area is 232 Å². The highest BCUT2D eigenvalue weighted by Gasteiger charge is 2.49. The van der Waals surface area contributed by atoms with Crippen molar-refractivity contribution < 1.29 is 13.7 Å². The summed E-state index contributed by atoms with van der Waals surface area (Å²) in [5.41, 5.74) is 0.883. The number of allylic oxidation sites excluding steroid dienone is 2. The second-order valence-corrected chi connectivity index (χ2v) is 16.5. The number of benzene rings is 3. The molecule has 0 bridgehead atoms. The van der Waals surface area contributed by atoms with Crippen LogP contribution in [0.1, 0.15) is 47.0 Å². The molecule has 2 unspecified atom stereocenters. The summed E-state index contributed by atoms with van der Waals surface area (Å²) in [6.45, 7) is 9.37. The van der Waals surface area contributed by atoms with Crippen molar-refractivity contribution >= 4 is 29.5 Å². The van der Waals surface area contributed by atoms with Crippen LogP contribution in [0.2, 0.25) is 5.04 Å². The molecule has 0 saturated heterocycles. The van der Waals surface area contributed by atoms with E-state index in [0.717, 1.165) is 29.7 Å². The number of rotatable bonds is 13. The van der Waals surface area contributed by atoms with E-state index in [1.807, 2.05) is 37.3 Å². The molecular weight excluding hydrogens is 505 g/mol. The van der Waals surface area contributed by atoms with Crippen LogP contribution in [0.15, 0.2) is 120 Å². The Morgan fingerprint density at radius 1 is 0.868 bits per heavy atom. The molecule has 3 rings (SSSR count). The van der Waals surface area contributed by atoms with Crippen LogP contribution < -0.4 is 10.4 Å². The van der Waals surface area contributed by atoms with Crippen LogP contribution in [-0.2, 0) is 15.2 Å². The van der Waals surface area contributed by atoms with Gasteiger partial charge in [0.25, 0.3) is 8.32 Å². The summed E-state index contributed by atoms with van der Waals surface area (Å²) in [5, 5.41) is 13.0. The minimum absolute atomic E-state index is 0.0309. The van der Waals surface area contributed by atoms with Crippen molar-refractivity contribution in [3.8, 4) is 0 Å². The Morgan fingerprint density at radius 2 is 1.39 bits per heavy atom. The molecule has 0 aliphatic rings. The largest absolute Gasteiger partial charge is 0.404 e. The van der Waals surface area contributed by atoms with Crippen LogP contribution in [0.25, 0.3) is 0 Å². The summed E-state index contributed by atoms with van der Waals surface area (Å²) < 4.78 is 19.3. The number of unbranched alkanes of at least 4 members (excludes halogenated alkanes) is 2. The molecule has 3 aromatic rings. The van der Waals surface area contributed by atoms with Gasteiger partial charge < -0.3 is 9.53 Å². The maximum Gasteiger partial charge on any atom is 0.261 e. The van der Waals surface area contributed by atoms with Crippen molar-refractivity contribution in [2.75, 3.05) is 12.4 Å². The van der Waals surface area contributed by atoms with E-state index in [0.29, 0.717) is 6.61 Å². The molecule has 3 aromatic carbocycles. The van der Waals surface area contributed by atoms with Crippen molar-refractivity contribution in [1.82, 2.24) is 0 Å². The van der Waals surface area contributed by atoms with Crippen LogP contribution in [0.5, 0.6) is 0 Å². The highest BCUT2D eigenvalue weighted by Crippen LogP contribution is 2.36. The fourth-order valence-electron chi connectivity index (χ4n) is 4.77. The second kappa shape index (κ2) is 14.5. The first-order valence-corrected chi connectivity index (χ1v) is 16.7. The van der Waals surface area contributed by atoms with Gasteiger partial charge >= 0.3 is 0 Å². The summed E-state index contributed by atoms with van der Waals surface area (Å²) in [6, 6.07) is 30.7. The lowest BCUT2D eigenvalue weighted by molar-refractivity contribution is 0.234. The summed E-state index contributed by atoms with van der Waals surface area (Å²) in [4.78, 5) is 0.754. The molecule has 0 aliphatic heterocycles. The highest BCUT2D eigenvalue weighted by molar-refractivity contribution is 7.85. The molecule has 5 heteroatoms. The van der Waals surface area contributed by atoms with E-state index in [1.54, 1.807) is 0 Å². The summed E-state index contributed by atoms with van der Waals surface area (Å²) in [5.74, 6) is 0.228. The minimum Gasteiger partial charge on any atom is -0.404 e. The Kier molecular flexibility index (Phi) is 11.5. The van der Waals surface area contributed by atoms with E-state index in [2.05, 4.69) is 99.7 Å². The third-order valence-corrected chi connectivity index (χ3v) is 13.3. The summed E-state index contributed by atoms with van der Waals surface area (Å²) >= 11 is 0. The molecule has 0 fully saturated rings. The Balaban J connectivity index is 1.54. The molecule has 0 spiro atoms. The van der Waals surface area contributed by atoms with Crippen LogP contribution in [-0.4, -0.2) is 36.1 Å². The number of aliphatic hydroxyl groups excluding tert-OH is 1. The van der Waals surface area contributed by atoms with Gasteiger partial charge in [-0.25, -0.2) is 0 Å². The van der Waals surface area contributed by atoms with Crippen molar-refractivity contribution in [3.63, 3.8) is 0 Å². The van der Waals surface area contributed by atoms with E-state index in [9.17, 15) is 9.32 Å². The quantitative estimate of drug-likeness (QED) is 0.153. The minimum atomic E-state index is -2.50. The van der Waals surface area contributed by atoms with Gasteiger partial charge in [0.2, 0.25) is 0 Å². The lowest BCUT2D eigenvalue weighted by Gasteiger charge is -2.42. The monoisotopic (exact) mass is 546 g/mol. The zero-order valence-electron chi connectivity index (χ0n) is 23.2. The van der Waals surface area contributed by atoms with Gasteiger partial charge in [-0.1, -0.05) is 118 Å². The zero-order chi connectivity index (χ0) is 27.4. The van der Waals surface area contributed by atoms with E-state index in [1.165, 1.54) is 10.4 Å². The first kappa shape index (κ1) is 30.0. The Bertz CT molecular complexity index is 1150.